The average molecular weight is 239 g/mol. The second-order valence-corrected chi connectivity index (χ2v) is 5.31. The lowest BCUT2D eigenvalue weighted by Gasteiger charge is -2.30. The summed E-state index contributed by atoms with van der Waals surface area (Å²) in [4.78, 5) is 12.8. The Bertz CT molecular complexity index is 359. The third-order valence-corrected chi connectivity index (χ3v) is 4.51. The molecule has 16 heavy (non-hydrogen) atoms. The van der Waals surface area contributed by atoms with Crippen LogP contribution in [0.3, 0.4) is 0 Å². The molecule has 0 spiro atoms. The molecule has 1 aliphatic rings. The fraction of sp³-hybridized carbons (Fsp3) is 0.583. The normalized spacial score (nSPS) is 19.1. The van der Waals surface area contributed by atoms with Gasteiger partial charge < -0.3 is 10.5 Å². The molecule has 1 unspecified atom stereocenters. The van der Waals surface area contributed by atoms with E-state index in [9.17, 15) is 4.79 Å². The molecule has 0 radical (unpaired) electrons. The van der Waals surface area contributed by atoms with Crippen LogP contribution in [0.25, 0.3) is 0 Å². The third-order valence-electron chi connectivity index (χ3n) is 3.42. The first-order valence-electron chi connectivity index (χ1n) is 5.54. The summed E-state index contributed by atoms with van der Waals surface area (Å²) in [5, 5.41) is 2.04. The smallest absolute Gasteiger partial charge is 0.306 e. The Hall–Kier alpha value is -0.870. The lowest BCUT2D eigenvalue weighted by Crippen LogP contribution is -2.39. The molecule has 1 aliphatic carbocycles. The number of thiophene rings is 1. The summed E-state index contributed by atoms with van der Waals surface area (Å²) in [7, 11) is 1.44. The topological polar surface area (TPSA) is 52.3 Å². The summed E-state index contributed by atoms with van der Waals surface area (Å²) < 4.78 is 4.79. The maximum absolute atomic E-state index is 11.5. The zero-order chi connectivity index (χ0) is 11.6. The van der Waals surface area contributed by atoms with Gasteiger partial charge >= 0.3 is 5.97 Å². The molecule has 3 nitrogen and oxygen atoms in total. The van der Waals surface area contributed by atoms with Crippen molar-refractivity contribution in [3.05, 3.63) is 22.4 Å². The number of hydrogen-bond acceptors (Lipinski definition) is 4. The van der Waals surface area contributed by atoms with E-state index in [2.05, 4.69) is 6.07 Å². The van der Waals surface area contributed by atoms with E-state index in [1.165, 1.54) is 24.8 Å². The van der Waals surface area contributed by atoms with Crippen LogP contribution in [-0.2, 0) is 14.9 Å². The van der Waals surface area contributed by atoms with Crippen molar-refractivity contribution in [3.8, 4) is 0 Å². The maximum Gasteiger partial charge on any atom is 0.306 e. The zero-order valence-corrected chi connectivity index (χ0v) is 10.3. The summed E-state index contributed by atoms with van der Waals surface area (Å²) >= 11 is 1.69. The first-order chi connectivity index (χ1) is 7.73. The minimum absolute atomic E-state index is 0.161. The fourth-order valence-corrected chi connectivity index (χ4v) is 3.32. The van der Waals surface area contributed by atoms with E-state index in [0.717, 1.165) is 0 Å². The largest absolute Gasteiger partial charge is 0.469 e. The van der Waals surface area contributed by atoms with E-state index in [-0.39, 0.29) is 11.4 Å². The van der Waals surface area contributed by atoms with Crippen LogP contribution in [0.5, 0.6) is 0 Å². The highest BCUT2D eigenvalue weighted by molar-refractivity contribution is 7.10. The van der Waals surface area contributed by atoms with Crippen LogP contribution in [0.1, 0.15) is 24.1 Å². The summed E-state index contributed by atoms with van der Waals surface area (Å²) in [5.74, 6) is 0.390. The molecule has 1 aromatic rings. The predicted molar refractivity (Wildman–Crippen MR) is 64.4 cm³/mol. The first kappa shape index (κ1) is 11.6. The van der Waals surface area contributed by atoms with Gasteiger partial charge in [-0.05, 0) is 30.2 Å². The number of carbonyl (C=O) groups excluding carboxylic acids is 1. The average Bonchev–Trinajstić information content (AvgIpc) is 3.01. The Kier molecular flexibility index (Phi) is 3.30. The van der Waals surface area contributed by atoms with Gasteiger partial charge in [-0.15, -0.1) is 11.3 Å². The van der Waals surface area contributed by atoms with Crippen LogP contribution in [0.15, 0.2) is 17.5 Å². The lowest BCUT2D eigenvalue weighted by molar-refractivity contribution is -0.142. The van der Waals surface area contributed by atoms with Gasteiger partial charge in [-0.25, -0.2) is 0 Å². The van der Waals surface area contributed by atoms with Gasteiger partial charge in [0.2, 0.25) is 0 Å². The molecule has 1 heterocycles. The highest BCUT2D eigenvalue weighted by Gasteiger charge is 2.47. The standard InChI is InChI=1S/C12H17NO2S/c1-15-11(14)7-12(8-13,9-4-5-9)10-3-2-6-16-10/h2-3,6,9H,4-5,7-8,13H2,1H3. The number of carbonyl (C=O) groups is 1. The van der Waals surface area contributed by atoms with Crippen molar-refractivity contribution >= 4 is 17.3 Å². The molecule has 1 aromatic heterocycles. The number of methoxy groups -OCH3 is 1. The fourth-order valence-electron chi connectivity index (χ4n) is 2.30. The van der Waals surface area contributed by atoms with Crippen molar-refractivity contribution in [3.63, 3.8) is 0 Å². The number of nitrogens with two attached hydrogens (primary N) is 1. The van der Waals surface area contributed by atoms with Crippen molar-refractivity contribution < 1.29 is 9.53 Å². The van der Waals surface area contributed by atoms with Crippen LogP contribution in [-0.4, -0.2) is 19.6 Å². The van der Waals surface area contributed by atoms with Gasteiger partial charge in [0, 0.05) is 16.8 Å². The number of hydrogen-bond donors (Lipinski definition) is 1. The molecule has 0 bridgehead atoms. The Balaban J connectivity index is 2.27. The van der Waals surface area contributed by atoms with Crippen molar-refractivity contribution in [2.45, 2.75) is 24.7 Å². The second-order valence-electron chi connectivity index (χ2n) is 4.36. The van der Waals surface area contributed by atoms with Gasteiger partial charge in [0.25, 0.3) is 0 Å². The molecule has 2 N–H and O–H groups in total. The molecule has 1 saturated carbocycles. The predicted octanol–water partition coefficient (Wildman–Crippen LogP) is 1.92. The van der Waals surface area contributed by atoms with E-state index in [4.69, 9.17) is 10.5 Å². The molecule has 88 valence electrons. The van der Waals surface area contributed by atoms with E-state index in [1.54, 1.807) is 11.3 Å². The molecule has 0 aromatic carbocycles. The van der Waals surface area contributed by atoms with Crippen molar-refractivity contribution in [2.75, 3.05) is 13.7 Å². The van der Waals surface area contributed by atoms with Crippen LogP contribution < -0.4 is 5.73 Å². The van der Waals surface area contributed by atoms with Crippen LogP contribution in [0, 0.1) is 5.92 Å². The number of esters is 1. The molecule has 4 heteroatoms. The maximum atomic E-state index is 11.5. The Morgan fingerprint density at radius 3 is 2.88 bits per heavy atom. The zero-order valence-electron chi connectivity index (χ0n) is 9.44. The molecule has 0 amide bonds. The minimum atomic E-state index is -0.179. The Labute approximate surface area is 99.6 Å². The SMILES string of the molecule is COC(=O)CC(CN)(c1cccs1)C1CC1. The Morgan fingerprint density at radius 2 is 2.44 bits per heavy atom. The summed E-state index contributed by atoms with van der Waals surface area (Å²) in [5.41, 5.74) is 5.76. The van der Waals surface area contributed by atoms with Gasteiger partial charge in [0.05, 0.1) is 13.5 Å². The summed E-state index contributed by atoms with van der Waals surface area (Å²) in [6.45, 7) is 0.521. The van der Waals surface area contributed by atoms with Gasteiger partial charge in [-0.1, -0.05) is 6.07 Å². The quantitative estimate of drug-likeness (QED) is 0.799. The highest BCUT2D eigenvalue weighted by Crippen LogP contribution is 2.50. The molecule has 0 saturated heterocycles. The molecule has 1 atom stereocenters. The molecule has 1 fully saturated rings. The number of ether oxygens (including phenoxy) is 1. The first-order valence-corrected chi connectivity index (χ1v) is 6.42. The van der Waals surface area contributed by atoms with Gasteiger partial charge in [-0.3, -0.25) is 4.79 Å². The van der Waals surface area contributed by atoms with Crippen LogP contribution >= 0.6 is 11.3 Å². The van der Waals surface area contributed by atoms with Gasteiger partial charge in [0.15, 0.2) is 0 Å². The highest BCUT2D eigenvalue weighted by atomic mass is 32.1. The molecule has 0 aliphatic heterocycles. The van der Waals surface area contributed by atoms with E-state index < -0.39 is 0 Å². The van der Waals surface area contributed by atoms with Crippen molar-refractivity contribution in [2.24, 2.45) is 11.7 Å². The third kappa shape index (κ3) is 1.99. The monoisotopic (exact) mass is 239 g/mol. The number of rotatable bonds is 5. The van der Waals surface area contributed by atoms with Gasteiger partial charge in [-0.2, -0.15) is 0 Å². The van der Waals surface area contributed by atoms with Gasteiger partial charge in [0.1, 0.15) is 0 Å². The molecular formula is C12H17NO2S. The van der Waals surface area contributed by atoms with Crippen molar-refractivity contribution in [1.82, 2.24) is 0 Å². The van der Waals surface area contributed by atoms with Crippen molar-refractivity contribution in [1.29, 1.82) is 0 Å². The molecule has 2 rings (SSSR count). The molecular weight excluding hydrogens is 222 g/mol. The van der Waals surface area contributed by atoms with E-state index in [0.29, 0.717) is 18.9 Å². The van der Waals surface area contributed by atoms with E-state index >= 15 is 0 Å². The Morgan fingerprint density at radius 1 is 1.69 bits per heavy atom. The second kappa shape index (κ2) is 4.55. The van der Waals surface area contributed by atoms with E-state index in [1.807, 2.05) is 11.4 Å². The summed E-state index contributed by atoms with van der Waals surface area (Å²) in [6, 6.07) is 4.10. The van der Waals surface area contributed by atoms with Crippen LogP contribution in [0.4, 0.5) is 0 Å². The summed E-state index contributed by atoms with van der Waals surface area (Å²) in [6.07, 6.45) is 2.75. The lowest BCUT2D eigenvalue weighted by atomic mass is 9.78. The minimum Gasteiger partial charge on any atom is -0.469 e. The van der Waals surface area contributed by atoms with Crippen LogP contribution in [0.2, 0.25) is 0 Å².